The lowest BCUT2D eigenvalue weighted by molar-refractivity contribution is -0.139. The molecule has 0 spiro atoms. The Labute approximate surface area is 263 Å². The standard InChI is InChI=1S/C34H31FN4O7/c1-19-5-8-21(9-6-19)27-15-16-28(44-27)30(40)37-26(32(41)42)18-20-7-14-24(25(35)17-20)29-38-31(46-39-29)22-10-12-23(13-11-22)36-33(43)45-34(2,3)4/h5-17,26H,18H2,1-4H3,(H,36,43)(H,37,40)(H,41,42). The second-order valence-corrected chi connectivity index (χ2v) is 11.5. The average Bonchev–Trinajstić information content (AvgIpc) is 3.68. The monoisotopic (exact) mass is 626 g/mol. The first-order valence-corrected chi connectivity index (χ1v) is 14.3. The zero-order valence-corrected chi connectivity index (χ0v) is 25.5. The van der Waals surface area contributed by atoms with E-state index in [0.717, 1.165) is 17.2 Å². The lowest BCUT2D eigenvalue weighted by Crippen LogP contribution is -2.42. The molecule has 12 heteroatoms. The fourth-order valence-electron chi connectivity index (χ4n) is 4.43. The van der Waals surface area contributed by atoms with Crippen molar-refractivity contribution in [1.29, 1.82) is 0 Å². The highest BCUT2D eigenvalue weighted by Gasteiger charge is 2.24. The maximum atomic E-state index is 15.2. The zero-order valence-electron chi connectivity index (χ0n) is 25.5. The molecule has 5 rings (SSSR count). The number of anilines is 1. The number of ether oxygens (including phenoxy) is 1. The summed E-state index contributed by atoms with van der Waals surface area (Å²) in [6.07, 6.45) is -0.786. The van der Waals surface area contributed by atoms with E-state index in [1.807, 2.05) is 31.2 Å². The number of carboxylic acids is 1. The summed E-state index contributed by atoms with van der Waals surface area (Å²) in [5.41, 5.74) is 2.59. The Bertz CT molecular complexity index is 1870. The van der Waals surface area contributed by atoms with Crippen molar-refractivity contribution in [3.05, 3.63) is 102 Å². The van der Waals surface area contributed by atoms with Gasteiger partial charge in [-0.3, -0.25) is 10.1 Å². The van der Waals surface area contributed by atoms with Gasteiger partial charge >= 0.3 is 12.1 Å². The van der Waals surface area contributed by atoms with Crippen molar-refractivity contribution in [1.82, 2.24) is 15.5 Å². The molecular weight excluding hydrogens is 595 g/mol. The van der Waals surface area contributed by atoms with Crippen LogP contribution in [0.5, 0.6) is 0 Å². The van der Waals surface area contributed by atoms with Crippen LogP contribution in [0, 0.1) is 12.7 Å². The van der Waals surface area contributed by atoms with E-state index in [0.29, 0.717) is 22.6 Å². The molecule has 46 heavy (non-hydrogen) atoms. The van der Waals surface area contributed by atoms with Crippen LogP contribution in [-0.4, -0.2) is 44.9 Å². The van der Waals surface area contributed by atoms with Crippen molar-refractivity contribution < 1.29 is 37.6 Å². The number of carboxylic acid groups (broad SMARTS) is 1. The van der Waals surface area contributed by atoms with E-state index in [-0.39, 0.29) is 29.5 Å². The maximum absolute atomic E-state index is 15.2. The van der Waals surface area contributed by atoms with Crippen molar-refractivity contribution >= 4 is 23.7 Å². The number of hydrogen-bond donors (Lipinski definition) is 3. The molecule has 3 N–H and O–H groups in total. The third kappa shape index (κ3) is 7.83. The summed E-state index contributed by atoms with van der Waals surface area (Å²) in [4.78, 5) is 41.0. The summed E-state index contributed by atoms with van der Waals surface area (Å²) in [5, 5.41) is 18.7. The molecule has 236 valence electrons. The summed E-state index contributed by atoms with van der Waals surface area (Å²) in [5.74, 6) is -2.18. The third-order valence-electron chi connectivity index (χ3n) is 6.69. The highest BCUT2D eigenvalue weighted by Crippen LogP contribution is 2.27. The Morgan fingerprint density at radius 1 is 0.957 bits per heavy atom. The SMILES string of the molecule is Cc1ccc(-c2ccc(C(=O)NC(Cc3ccc(-c4noc(-c5ccc(NC(=O)OC(C)(C)C)cc5)n4)c(F)c3)C(=O)O)o2)cc1. The second-order valence-electron chi connectivity index (χ2n) is 11.5. The summed E-state index contributed by atoms with van der Waals surface area (Å²) in [6, 6.07) is 19.9. The zero-order chi connectivity index (χ0) is 33.0. The number of benzene rings is 3. The lowest BCUT2D eigenvalue weighted by Gasteiger charge is -2.19. The number of aryl methyl sites for hydroxylation is 1. The first kappa shape index (κ1) is 31.6. The summed E-state index contributed by atoms with van der Waals surface area (Å²) in [6.45, 7) is 7.24. The van der Waals surface area contributed by atoms with E-state index >= 15 is 4.39 Å². The van der Waals surface area contributed by atoms with Crippen LogP contribution >= 0.6 is 0 Å². The fraction of sp³-hybridized carbons (Fsp3) is 0.206. The minimum atomic E-state index is -1.35. The van der Waals surface area contributed by atoms with Crippen molar-refractivity contribution in [2.24, 2.45) is 0 Å². The van der Waals surface area contributed by atoms with Gasteiger partial charge in [0.05, 0.1) is 5.56 Å². The number of hydrogen-bond acceptors (Lipinski definition) is 8. The molecule has 2 heterocycles. The Balaban J connectivity index is 1.23. The van der Waals surface area contributed by atoms with Gasteiger partial charge in [-0.2, -0.15) is 4.98 Å². The number of rotatable bonds is 9. The minimum absolute atomic E-state index is 0.0136. The van der Waals surface area contributed by atoms with Crippen LogP contribution in [-0.2, 0) is 16.0 Å². The largest absolute Gasteiger partial charge is 0.480 e. The molecule has 0 fully saturated rings. The normalized spacial score (nSPS) is 11.9. The van der Waals surface area contributed by atoms with E-state index in [1.165, 1.54) is 18.2 Å². The van der Waals surface area contributed by atoms with Gasteiger partial charge < -0.3 is 24.1 Å². The van der Waals surface area contributed by atoms with Crippen molar-refractivity contribution in [3.63, 3.8) is 0 Å². The van der Waals surface area contributed by atoms with Gasteiger partial charge in [-0.25, -0.2) is 14.0 Å². The minimum Gasteiger partial charge on any atom is -0.480 e. The summed E-state index contributed by atoms with van der Waals surface area (Å²) in [7, 11) is 0. The van der Waals surface area contributed by atoms with Crippen LogP contribution < -0.4 is 10.6 Å². The first-order chi connectivity index (χ1) is 21.8. The number of carbonyl (C=O) groups is 3. The molecule has 0 saturated heterocycles. The van der Waals surface area contributed by atoms with E-state index in [9.17, 15) is 19.5 Å². The highest BCUT2D eigenvalue weighted by molar-refractivity contribution is 5.95. The lowest BCUT2D eigenvalue weighted by atomic mass is 10.0. The maximum Gasteiger partial charge on any atom is 0.412 e. The third-order valence-corrected chi connectivity index (χ3v) is 6.69. The number of halogens is 1. The smallest absolute Gasteiger partial charge is 0.412 e. The van der Waals surface area contributed by atoms with Crippen LogP contribution in [0.15, 0.2) is 87.8 Å². The Kier molecular flexibility index (Phi) is 8.99. The molecule has 0 aliphatic carbocycles. The molecule has 0 aliphatic heterocycles. The van der Waals surface area contributed by atoms with Crippen molar-refractivity contribution in [2.75, 3.05) is 5.32 Å². The van der Waals surface area contributed by atoms with Gasteiger partial charge in [0.15, 0.2) is 5.76 Å². The van der Waals surface area contributed by atoms with Crippen molar-refractivity contribution in [3.8, 4) is 34.2 Å². The van der Waals surface area contributed by atoms with Crippen LogP contribution in [0.2, 0.25) is 0 Å². The topological polar surface area (TPSA) is 157 Å². The van der Waals surface area contributed by atoms with Crippen LogP contribution in [0.4, 0.5) is 14.9 Å². The molecule has 0 aliphatic rings. The number of nitrogens with one attached hydrogen (secondary N) is 2. The molecule has 2 amide bonds. The van der Waals surface area contributed by atoms with Gasteiger partial charge in [-0.15, -0.1) is 0 Å². The molecule has 0 saturated carbocycles. The molecule has 2 aromatic heterocycles. The van der Waals surface area contributed by atoms with Gasteiger partial charge in [0.2, 0.25) is 5.82 Å². The number of aromatic nitrogens is 2. The van der Waals surface area contributed by atoms with Gasteiger partial charge in [0, 0.05) is 23.2 Å². The first-order valence-electron chi connectivity index (χ1n) is 14.3. The van der Waals surface area contributed by atoms with Crippen LogP contribution in [0.3, 0.4) is 0 Å². The second kappa shape index (κ2) is 13.1. The van der Waals surface area contributed by atoms with Gasteiger partial charge in [-0.1, -0.05) is 41.1 Å². The predicted molar refractivity (Wildman–Crippen MR) is 166 cm³/mol. The summed E-state index contributed by atoms with van der Waals surface area (Å²) < 4.78 is 31.4. The number of amides is 2. The van der Waals surface area contributed by atoms with Gasteiger partial charge in [0.1, 0.15) is 23.2 Å². The number of carbonyl (C=O) groups excluding carboxylic acids is 2. The van der Waals surface area contributed by atoms with Crippen LogP contribution in [0.25, 0.3) is 34.2 Å². The molecule has 11 nitrogen and oxygen atoms in total. The fourth-order valence-corrected chi connectivity index (χ4v) is 4.43. The number of nitrogens with zero attached hydrogens (tertiary/aromatic N) is 2. The van der Waals surface area contributed by atoms with E-state index in [2.05, 4.69) is 20.8 Å². The van der Waals surface area contributed by atoms with Crippen molar-refractivity contribution in [2.45, 2.75) is 45.8 Å². The van der Waals surface area contributed by atoms with E-state index in [1.54, 1.807) is 51.1 Å². The Morgan fingerprint density at radius 2 is 1.65 bits per heavy atom. The van der Waals surface area contributed by atoms with E-state index < -0.39 is 35.4 Å². The summed E-state index contributed by atoms with van der Waals surface area (Å²) >= 11 is 0. The van der Waals surface area contributed by atoms with Crippen LogP contribution in [0.1, 0.15) is 42.5 Å². The molecule has 3 aromatic carbocycles. The Morgan fingerprint density at radius 3 is 2.30 bits per heavy atom. The number of furan rings is 1. The molecular formula is C34H31FN4O7. The number of aliphatic carboxylic acids is 1. The molecule has 0 radical (unpaired) electrons. The molecule has 5 aromatic rings. The predicted octanol–water partition coefficient (Wildman–Crippen LogP) is 6.88. The molecule has 0 bridgehead atoms. The Hall–Kier alpha value is -5.78. The average molecular weight is 627 g/mol. The quantitative estimate of drug-likeness (QED) is 0.159. The highest BCUT2D eigenvalue weighted by atomic mass is 19.1. The molecule has 1 unspecified atom stereocenters. The van der Waals surface area contributed by atoms with Gasteiger partial charge in [-0.05, 0) is 81.8 Å². The molecule has 1 atom stereocenters. The van der Waals surface area contributed by atoms with E-state index in [4.69, 9.17) is 13.7 Å². The van der Waals surface area contributed by atoms with Gasteiger partial charge in [0.25, 0.3) is 11.8 Å².